The van der Waals surface area contributed by atoms with Crippen LogP contribution < -0.4 is 5.32 Å². The van der Waals surface area contributed by atoms with Crippen LogP contribution in [0.25, 0.3) is 11.3 Å². The maximum Gasteiger partial charge on any atom is 0.417 e. The molecule has 0 spiro atoms. The van der Waals surface area contributed by atoms with E-state index in [0.29, 0.717) is 29.8 Å². The van der Waals surface area contributed by atoms with Crippen LogP contribution in [0.2, 0.25) is 0 Å². The van der Waals surface area contributed by atoms with Crippen molar-refractivity contribution in [3.8, 4) is 11.3 Å². The van der Waals surface area contributed by atoms with E-state index in [1.807, 2.05) is 0 Å². The lowest BCUT2D eigenvalue weighted by molar-refractivity contribution is -0.137. The quantitative estimate of drug-likeness (QED) is 0.512. The number of carbonyl (C=O) groups excluding carboxylic acids is 1. The summed E-state index contributed by atoms with van der Waals surface area (Å²) in [6.45, 7) is 0.138. The van der Waals surface area contributed by atoms with Crippen molar-refractivity contribution in [1.82, 2.24) is 19.6 Å². The number of halogens is 4. The van der Waals surface area contributed by atoms with E-state index in [0.717, 1.165) is 40.8 Å². The van der Waals surface area contributed by atoms with Crippen molar-refractivity contribution < 1.29 is 30.8 Å². The summed E-state index contributed by atoms with van der Waals surface area (Å²) in [5.41, 5.74) is 0.377. The van der Waals surface area contributed by atoms with Gasteiger partial charge in [-0.15, -0.1) is 0 Å². The molecule has 0 aliphatic carbocycles. The van der Waals surface area contributed by atoms with Crippen LogP contribution in [-0.4, -0.2) is 41.2 Å². The first-order valence-corrected chi connectivity index (χ1v) is 12.0. The van der Waals surface area contributed by atoms with Gasteiger partial charge in [-0.25, -0.2) is 12.8 Å². The molecule has 1 aliphatic rings. The fourth-order valence-corrected chi connectivity index (χ4v) is 5.45. The standard InChI is InChI=1S/C23H20F4N4O3S/c24-17-4-6-19(7-5-17)35(33,34)31-11-1-2-21(31)22(32)30-14-18-12-15(9-10-28-18)20-8-3-16(13-29-20)23(25,26)27/h3-10,12-13,21H,1-2,11,14H2,(H,30,32)/t21-/m0/s1. The van der Waals surface area contributed by atoms with E-state index < -0.39 is 39.5 Å². The van der Waals surface area contributed by atoms with Crippen LogP contribution in [0.3, 0.4) is 0 Å². The van der Waals surface area contributed by atoms with E-state index in [2.05, 4.69) is 15.3 Å². The zero-order valence-electron chi connectivity index (χ0n) is 18.2. The Balaban J connectivity index is 1.44. The molecule has 0 radical (unpaired) electrons. The number of alkyl halides is 3. The van der Waals surface area contributed by atoms with Crippen molar-refractivity contribution in [1.29, 1.82) is 0 Å². The van der Waals surface area contributed by atoms with Gasteiger partial charge in [0, 0.05) is 24.5 Å². The van der Waals surface area contributed by atoms with Gasteiger partial charge >= 0.3 is 6.18 Å². The molecule has 35 heavy (non-hydrogen) atoms. The minimum Gasteiger partial charge on any atom is -0.349 e. The van der Waals surface area contributed by atoms with Crippen LogP contribution >= 0.6 is 0 Å². The van der Waals surface area contributed by atoms with Gasteiger partial charge in [-0.3, -0.25) is 14.8 Å². The minimum atomic E-state index is -4.49. The van der Waals surface area contributed by atoms with Gasteiger partial charge in [-0.2, -0.15) is 17.5 Å². The van der Waals surface area contributed by atoms with Crippen LogP contribution in [0.5, 0.6) is 0 Å². The van der Waals surface area contributed by atoms with Crippen LogP contribution in [0.1, 0.15) is 24.1 Å². The number of pyridine rings is 2. The third-order valence-electron chi connectivity index (χ3n) is 5.57. The Kier molecular flexibility index (Phi) is 6.86. The van der Waals surface area contributed by atoms with E-state index in [-0.39, 0.29) is 18.0 Å². The van der Waals surface area contributed by atoms with Crippen molar-refractivity contribution in [3.63, 3.8) is 0 Å². The monoisotopic (exact) mass is 508 g/mol. The van der Waals surface area contributed by atoms with E-state index in [9.17, 15) is 30.8 Å². The zero-order valence-corrected chi connectivity index (χ0v) is 19.0. The lowest BCUT2D eigenvalue weighted by atomic mass is 10.1. The Labute approximate surface area is 198 Å². The number of carbonyl (C=O) groups is 1. The normalized spacial score (nSPS) is 16.9. The van der Waals surface area contributed by atoms with Crippen molar-refractivity contribution in [2.45, 2.75) is 36.5 Å². The van der Waals surface area contributed by atoms with Crippen LogP contribution in [-0.2, 0) is 27.5 Å². The SMILES string of the molecule is O=C(NCc1cc(-c2ccc(C(F)(F)F)cn2)ccn1)[C@@H]1CCCN1S(=O)(=O)c1ccc(F)cc1. The molecule has 4 rings (SSSR count). The molecule has 1 atom stereocenters. The van der Waals surface area contributed by atoms with Crippen LogP contribution in [0.4, 0.5) is 17.6 Å². The Hall–Kier alpha value is -3.38. The number of aromatic nitrogens is 2. The molecule has 1 saturated heterocycles. The highest BCUT2D eigenvalue weighted by Crippen LogP contribution is 2.30. The second-order valence-electron chi connectivity index (χ2n) is 7.91. The van der Waals surface area contributed by atoms with Crippen molar-refractivity contribution in [2.24, 2.45) is 0 Å². The maximum atomic E-state index is 13.2. The highest BCUT2D eigenvalue weighted by atomic mass is 32.2. The van der Waals surface area contributed by atoms with Gasteiger partial charge in [0.1, 0.15) is 11.9 Å². The molecule has 1 N–H and O–H groups in total. The number of nitrogens with zero attached hydrogens (tertiary/aromatic N) is 3. The number of nitrogens with one attached hydrogen (secondary N) is 1. The number of benzene rings is 1. The highest BCUT2D eigenvalue weighted by Gasteiger charge is 2.39. The molecule has 1 aromatic carbocycles. The lowest BCUT2D eigenvalue weighted by Gasteiger charge is -2.23. The average molecular weight is 508 g/mol. The summed E-state index contributed by atoms with van der Waals surface area (Å²) in [7, 11) is -3.99. The number of sulfonamides is 1. The first kappa shape index (κ1) is 24.7. The molecule has 3 aromatic rings. The fraction of sp³-hybridized carbons (Fsp3) is 0.261. The molecule has 3 heterocycles. The molecule has 0 bridgehead atoms. The topological polar surface area (TPSA) is 92.3 Å². The number of hydrogen-bond acceptors (Lipinski definition) is 5. The Morgan fingerprint density at radius 2 is 1.83 bits per heavy atom. The minimum absolute atomic E-state index is 0.0196. The van der Waals surface area contributed by atoms with Gasteiger partial charge in [-0.1, -0.05) is 0 Å². The van der Waals surface area contributed by atoms with E-state index in [1.165, 1.54) is 12.3 Å². The maximum absolute atomic E-state index is 13.2. The fourth-order valence-electron chi connectivity index (χ4n) is 3.79. The molecular formula is C23H20F4N4O3S. The highest BCUT2D eigenvalue weighted by molar-refractivity contribution is 7.89. The largest absolute Gasteiger partial charge is 0.417 e. The third kappa shape index (κ3) is 5.49. The molecule has 1 amide bonds. The third-order valence-corrected chi connectivity index (χ3v) is 7.50. The molecule has 0 saturated carbocycles. The zero-order chi connectivity index (χ0) is 25.2. The predicted molar refractivity (Wildman–Crippen MR) is 118 cm³/mol. The van der Waals surface area contributed by atoms with Crippen molar-refractivity contribution >= 4 is 15.9 Å². The summed E-state index contributed by atoms with van der Waals surface area (Å²) in [5, 5.41) is 2.67. The second kappa shape index (κ2) is 9.70. The summed E-state index contributed by atoms with van der Waals surface area (Å²) < 4.78 is 78.5. The first-order valence-electron chi connectivity index (χ1n) is 10.6. The van der Waals surface area contributed by atoms with E-state index in [4.69, 9.17) is 0 Å². The average Bonchev–Trinajstić information content (AvgIpc) is 3.34. The predicted octanol–water partition coefficient (Wildman–Crippen LogP) is 3.77. The molecule has 7 nitrogen and oxygen atoms in total. The molecule has 1 fully saturated rings. The van der Waals surface area contributed by atoms with Gasteiger partial charge in [0.25, 0.3) is 0 Å². The smallest absolute Gasteiger partial charge is 0.349 e. The number of rotatable bonds is 6. The van der Waals surface area contributed by atoms with Gasteiger partial charge in [-0.05, 0) is 61.4 Å². The summed E-state index contributed by atoms with van der Waals surface area (Å²) in [6.07, 6.45) is -1.48. The van der Waals surface area contributed by atoms with Crippen LogP contribution in [0, 0.1) is 5.82 Å². The van der Waals surface area contributed by atoms with E-state index >= 15 is 0 Å². The summed E-state index contributed by atoms with van der Waals surface area (Å²) >= 11 is 0. The number of amides is 1. The summed E-state index contributed by atoms with van der Waals surface area (Å²) in [6, 6.07) is 8.81. The Bertz CT molecular complexity index is 1310. The van der Waals surface area contributed by atoms with Gasteiger partial charge in [0.05, 0.1) is 28.4 Å². The molecule has 0 unspecified atom stereocenters. The number of hydrogen-bond donors (Lipinski definition) is 1. The molecular weight excluding hydrogens is 488 g/mol. The molecule has 12 heteroatoms. The van der Waals surface area contributed by atoms with Crippen LogP contribution in [0.15, 0.2) is 65.8 Å². The van der Waals surface area contributed by atoms with E-state index in [1.54, 1.807) is 12.1 Å². The Morgan fingerprint density at radius 3 is 2.49 bits per heavy atom. The Morgan fingerprint density at radius 1 is 1.09 bits per heavy atom. The molecule has 184 valence electrons. The summed E-state index contributed by atoms with van der Waals surface area (Å²) in [4.78, 5) is 20.7. The summed E-state index contributed by atoms with van der Waals surface area (Å²) in [5.74, 6) is -1.08. The van der Waals surface area contributed by atoms with Crippen molar-refractivity contribution in [2.75, 3.05) is 6.54 Å². The van der Waals surface area contributed by atoms with Gasteiger partial charge in [0.2, 0.25) is 15.9 Å². The second-order valence-corrected chi connectivity index (χ2v) is 9.80. The van der Waals surface area contributed by atoms with Gasteiger partial charge in [0.15, 0.2) is 0 Å². The molecule has 1 aliphatic heterocycles. The van der Waals surface area contributed by atoms with Gasteiger partial charge < -0.3 is 5.32 Å². The molecule has 2 aromatic heterocycles. The lowest BCUT2D eigenvalue weighted by Crippen LogP contribution is -2.45. The van der Waals surface area contributed by atoms with Crippen molar-refractivity contribution in [3.05, 3.63) is 78.0 Å². The first-order chi connectivity index (χ1) is 16.6.